The van der Waals surface area contributed by atoms with Gasteiger partial charge in [-0.25, -0.2) is 4.79 Å². The number of rotatable bonds is 30. The van der Waals surface area contributed by atoms with E-state index < -0.39 is 7.26 Å². The Bertz CT molecular complexity index is 3660. The molecule has 0 amide bonds. The molecule has 0 saturated heterocycles. The molecule has 0 saturated carbocycles. The quantitative estimate of drug-likeness (QED) is 0.0153. The standard InChI is InChI=1S/C46H56O5.C36H43O2P.CH4/c1-7-19-34-28-42-39(25-30(34)3)44(40-26-31(4)35(20-8-2)29-43(40)51-42)37-22-16-17-23-38(37)46(49)50-24-18-14-12-10-9-11-13-15-21-36-27-41(47)32(5)33(6)45(36)48;1-29-30(2)36(38)31(28-35(29)37)20-12-7-5-3-4-6-8-19-27-39(32-21-13-9-14-22-32,33-23-15-10-16-24-33)34-25-17-11-18-26-34;/h16-17,19,22-23,25-29,47-48H,7-15,18,20-21,24H2,1-6H3;9-11,13-18,21-26,28H,3-8,12,19-20,27H2,1-2H3,(H-,37,38);1H4/p+1/b34-19-;;. The van der Waals surface area contributed by atoms with Gasteiger partial charge in [0, 0.05) is 16.4 Å². The predicted octanol–water partition coefficient (Wildman–Crippen LogP) is 19.4. The normalized spacial score (nSPS) is 11.9. The van der Waals surface area contributed by atoms with Crippen LogP contribution in [0.5, 0.6) is 34.5 Å². The van der Waals surface area contributed by atoms with Gasteiger partial charge in [-0.1, -0.05) is 177 Å². The molecule has 0 bridgehead atoms. The molecule has 8 heteroatoms. The van der Waals surface area contributed by atoms with Gasteiger partial charge in [0.1, 0.15) is 57.7 Å². The van der Waals surface area contributed by atoms with Crippen LogP contribution < -0.4 is 31.1 Å². The predicted molar refractivity (Wildman–Crippen MR) is 385 cm³/mol. The lowest BCUT2D eigenvalue weighted by Gasteiger charge is -2.27. The number of hydrogen-bond acceptors (Lipinski definition) is 7. The smallest absolute Gasteiger partial charge is 0.338 e. The first-order valence-corrected chi connectivity index (χ1v) is 35.7. The van der Waals surface area contributed by atoms with Crippen LogP contribution in [0, 0.1) is 41.5 Å². The van der Waals surface area contributed by atoms with Crippen molar-refractivity contribution in [3.8, 4) is 34.5 Å². The van der Waals surface area contributed by atoms with Gasteiger partial charge in [0.25, 0.3) is 0 Å². The Balaban J connectivity index is 0.000000265. The minimum atomic E-state index is -1.71. The van der Waals surface area contributed by atoms with Crippen LogP contribution in [-0.4, -0.2) is 39.2 Å². The summed E-state index contributed by atoms with van der Waals surface area (Å²) < 4.78 is 12.5. The molecule has 0 aliphatic carbocycles. The number of fused-ring (bicyclic) bond motifs is 2. The molecule has 7 nitrogen and oxygen atoms in total. The average Bonchev–Trinajstić information content (AvgIpc) is 0.760. The van der Waals surface area contributed by atoms with Crippen LogP contribution in [0.4, 0.5) is 0 Å². The summed E-state index contributed by atoms with van der Waals surface area (Å²) >= 11 is 0. The van der Waals surface area contributed by atoms with E-state index in [1.165, 1.54) is 88.9 Å². The zero-order chi connectivity index (χ0) is 64.0. The van der Waals surface area contributed by atoms with E-state index in [0.717, 1.165) is 157 Å². The Kier molecular flexibility index (Phi) is 27.5. The molecule has 0 aromatic heterocycles. The SMILES string of the molecule is C.CC/C=c1/cc2c(cc1C)=C(c1ccccc1C(=O)OCCCCCCCCCCc1cc(O)c(C)c(C)c1O)c1cc(C)c(CCC)cc1O2.Cc1c(O)cc(CCCCCCCCCC[P+](c2ccccc2)(c2ccccc2)c2ccccc2)c(O)c1C. The molecule has 9 rings (SSSR count). The molecule has 1 aliphatic rings. The molecule has 4 N–H and O–H groups in total. The van der Waals surface area contributed by atoms with Crippen molar-refractivity contribution in [3.63, 3.8) is 0 Å². The number of unbranched alkanes of at least 4 members (excludes halogenated alkanes) is 14. The number of ether oxygens (including phenoxy) is 2. The lowest BCUT2D eigenvalue weighted by atomic mass is 9.87. The van der Waals surface area contributed by atoms with Crippen LogP contribution >= 0.6 is 7.26 Å². The van der Waals surface area contributed by atoms with Crippen LogP contribution in [0.2, 0.25) is 0 Å². The summed E-state index contributed by atoms with van der Waals surface area (Å²) in [5.41, 5.74) is 11.9. The molecule has 0 unspecified atom stereocenters. The molecule has 8 aromatic carbocycles. The zero-order valence-electron chi connectivity index (χ0n) is 55.2. The molecule has 0 radical (unpaired) electrons. The summed E-state index contributed by atoms with van der Waals surface area (Å²) in [5.74, 6) is 2.58. The van der Waals surface area contributed by atoms with Crippen molar-refractivity contribution in [3.05, 3.63) is 229 Å². The van der Waals surface area contributed by atoms with Crippen LogP contribution in [0.25, 0.3) is 11.6 Å². The van der Waals surface area contributed by atoms with Gasteiger partial charge in [-0.05, 0) is 239 Å². The van der Waals surface area contributed by atoms with E-state index in [0.29, 0.717) is 29.4 Å². The molecule has 0 fully saturated rings. The average molecular weight is 1240 g/mol. The second kappa shape index (κ2) is 35.3. The van der Waals surface area contributed by atoms with Crippen molar-refractivity contribution in [1.29, 1.82) is 0 Å². The number of benzene rings is 8. The fourth-order valence-electron chi connectivity index (χ4n) is 13.0. The number of esters is 1. The summed E-state index contributed by atoms with van der Waals surface area (Å²) in [6.45, 7) is 16.4. The van der Waals surface area contributed by atoms with Gasteiger partial charge in [-0.2, -0.15) is 0 Å². The van der Waals surface area contributed by atoms with Crippen LogP contribution in [-0.2, 0) is 24.0 Å². The Morgan fingerprint density at radius 3 is 1.42 bits per heavy atom. The fraction of sp³-hybridized carbons (Fsp3) is 0.386. The Morgan fingerprint density at radius 2 is 0.923 bits per heavy atom. The van der Waals surface area contributed by atoms with E-state index >= 15 is 0 Å². The topological polar surface area (TPSA) is 116 Å². The molecule has 8 aromatic rings. The highest BCUT2D eigenvalue weighted by Gasteiger charge is 2.44. The van der Waals surface area contributed by atoms with Crippen molar-refractivity contribution < 1.29 is 34.7 Å². The number of aryl methyl sites for hydroxylation is 5. The number of aromatic hydroxyl groups is 4. The van der Waals surface area contributed by atoms with Crippen molar-refractivity contribution in [1.82, 2.24) is 0 Å². The van der Waals surface area contributed by atoms with Gasteiger partial charge in [-0.15, -0.1) is 0 Å². The molecular weight excluding hydrogens is 1140 g/mol. The monoisotopic (exact) mass is 1240 g/mol. The molecule has 482 valence electrons. The van der Waals surface area contributed by atoms with Crippen molar-refractivity contribution in [2.45, 2.75) is 198 Å². The minimum absolute atomic E-state index is 0. The van der Waals surface area contributed by atoms with Crippen molar-refractivity contribution >= 4 is 40.8 Å². The van der Waals surface area contributed by atoms with Crippen molar-refractivity contribution in [2.24, 2.45) is 0 Å². The molecule has 1 heterocycles. The number of phenolic OH excluding ortho intramolecular Hbond substituents is 4. The van der Waals surface area contributed by atoms with Crippen LogP contribution in [0.3, 0.4) is 0 Å². The van der Waals surface area contributed by atoms with Gasteiger partial charge >= 0.3 is 5.97 Å². The fourth-order valence-corrected chi connectivity index (χ4v) is 17.4. The Hall–Kier alpha value is -7.60. The summed E-state index contributed by atoms with van der Waals surface area (Å²) in [6.07, 6.45) is 26.3. The lowest BCUT2D eigenvalue weighted by molar-refractivity contribution is 0.0497. The van der Waals surface area contributed by atoms with E-state index in [2.05, 4.69) is 149 Å². The number of phenols is 4. The third kappa shape index (κ3) is 18.1. The first-order chi connectivity index (χ1) is 43.7. The molecule has 0 spiro atoms. The highest BCUT2D eigenvalue weighted by atomic mass is 31.2. The number of carbonyl (C=O) groups excluding carboxylic acids is 1. The molecule has 1 aliphatic heterocycles. The van der Waals surface area contributed by atoms with Gasteiger partial charge in [0.2, 0.25) is 0 Å². The third-order valence-corrected chi connectivity index (χ3v) is 23.1. The molecule has 91 heavy (non-hydrogen) atoms. The highest BCUT2D eigenvalue weighted by molar-refractivity contribution is 7.95. The second-order valence-corrected chi connectivity index (χ2v) is 28.6. The molecular formula is C83H104O7P+. The van der Waals surface area contributed by atoms with Crippen LogP contribution in [0.1, 0.15) is 208 Å². The van der Waals surface area contributed by atoms with Crippen molar-refractivity contribution in [2.75, 3.05) is 12.8 Å². The highest BCUT2D eigenvalue weighted by Crippen LogP contribution is 2.56. The lowest BCUT2D eigenvalue weighted by Crippen LogP contribution is -2.33. The van der Waals surface area contributed by atoms with Gasteiger partial charge in [-0.3, -0.25) is 0 Å². The van der Waals surface area contributed by atoms with Gasteiger partial charge < -0.3 is 29.9 Å². The zero-order valence-corrected chi connectivity index (χ0v) is 56.1. The van der Waals surface area contributed by atoms with E-state index in [4.69, 9.17) is 9.47 Å². The summed E-state index contributed by atoms with van der Waals surface area (Å²) in [4.78, 5) is 13.7. The largest absolute Gasteiger partial charge is 0.508 e. The second-order valence-electron chi connectivity index (χ2n) is 25.0. The summed E-state index contributed by atoms with van der Waals surface area (Å²) in [7, 11) is -1.71. The first-order valence-electron chi connectivity index (χ1n) is 33.7. The Morgan fingerprint density at radius 1 is 0.462 bits per heavy atom. The Labute approximate surface area is 546 Å². The van der Waals surface area contributed by atoms with E-state index in [1.807, 2.05) is 52.0 Å². The maximum atomic E-state index is 13.7. The van der Waals surface area contributed by atoms with Gasteiger partial charge in [0.15, 0.2) is 0 Å². The summed E-state index contributed by atoms with van der Waals surface area (Å²) in [5, 5.41) is 47.6. The maximum absolute atomic E-state index is 13.7. The number of hydrogen-bond donors (Lipinski definition) is 4. The maximum Gasteiger partial charge on any atom is 0.338 e. The van der Waals surface area contributed by atoms with Gasteiger partial charge in [0.05, 0.1) is 18.3 Å². The van der Waals surface area contributed by atoms with Crippen LogP contribution in [0.15, 0.2) is 152 Å². The third-order valence-electron chi connectivity index (χ3n) is 18.6. The van der Waals surface area contributed by atoms with E-state index in [-0.39, 0.29) is 19.1 Å². The minimum Gasteiger partial charge on any atom is -0.508 e. The summed E-state index contributed by atoms with van der Waals surface area (Å²) in [6, 6.07) is 53.6. The van der Waals surface area contributed by atoms with E-state index in [9.17, 15) is 25.2 Å². The number of carbonyl (C=O) groups is 1. The van der Waals surface area contributed by atoms with E-state index in [1.54, 1.807) is 12.1 Å². The first kappa shape index (κ1) is 70.9. The molecule has 0 atom stereocenters.